The lowest BCUT2D eigenvalue weighted by atomic mass is 9.65. The van der Waals surface area contributed by atoms with Crippen molar-refractivity contribution in [2.24, 2.45) is 17.8 Å². The molecule has 4 unspecified atom stereocenters. The molecule has 1 heteroatoms. The minimum Gasteiger partial charge on any atom is -0.256 e. The second kappa shape index (κ2) is 11.9. The van der Waals surface area contributed by atoms with Crippen LogP contribution < -0.4 is 0 Å². The number of rotatable bonds is 6. The van der Waals surface area contributed by atoms with Crippen molar-refractivity contribution in [1.29, 1.82) is 0 Å². The van der Waals surface area contributed by atoms with Gasteiger partial charge in [-0.1, -0.05) is 147 Å². The van der Waals surface area contributed by atoms with Crippen molar-refractivity contribution < 1.29 is 0 Å². The summed E-state index contributed by atoms with van der Waals surface area (Å²) in [6.45, 7) is 6.40. The Morgan fingerprint density at radius 2 is 1.53 bits per heavy atom. The molecule has 0 amide bonds. The van der Waals surface area contributed by atoms with E-state index in [0.717, 1.165) is 18.5 Å². The van der Waals surface area contributed by atoms with Gasteiger partial charge in [0.05, 0.1) is 5.69 Å². The summed E-state index contributed by atoms with van der Waals surface area (Å²) in [5, 5.41) is 0. The van der Waals surface area contributed by atoms with Gasteiger partial charge >= 0.3 is 0 Å². The fourth-order valence-corrected chi connectivity index (χ4v) is 7.27. The molecule has 0 spiro atoms. The maximum atomic E-state index is 4.74. The first kappa shape index (κ1) is 27.1. The maximum absolute atomic E-state index is 4.74. The predicted molar refractivity (Wildman–Crippen MR) is 181 cm³/mol. The van der Waals surface area contributed by atoms with Crippen LogP contribution in [0.2, 0.25) is 0 Å². The summed E-state index contributed by atoms with van der Waals surface area (Å²) in [5.41, 5.74) is 13.1. The molecule has 0 N–H and O–H groups in total. The first-order valence-electron chi connectivity index (χ1n) is 15.5. The molecule has 1 heterocycles. The first-order chi connectivity index (χ1) is 21.2. The van der Waals surface area contributed by atoms with Gasteiger partial charge in [0.15, 0.2) is 0 Å². The van der Waals surface area contributed by atoms with Gasteiger partial charge in [0, 0.05) is 24.0 Å². The summed E-state index contributed by atoms with van der Waals surface area (Å²) in [5.74, 6) is 1.38. The van der Waals surface area contributed by atoms with Gasteiger partial charge in [-0.3, -0.25) is 4.98 Å². The summed E-state index contributed by atoms with van der Waals surface area (Å²) >= 11 is 0. The largest absolute Gasteiger partial charge is 0.256 e. The van der Waals surface area contributed by atoms with Crippen LogP contribution in [0.4, 0.5) is 0 Å². The molecule has 2 aromatic carbocycles. The zero-order valence-electron chi connectivity index (χ0n) is 24.7. The predicted octanol–water partition coefficient (Wildman–Crippen LogP) is 10.5. The molecule has 0 fully saturated rings. The number of allylic oxidation sites excluding steroid dienone is 17. The molecule has 4 atom stereocenters. The smallest absolute Gasteiger partial charge is 0.0705 e. The third-order valence-electron chi connectivity index (χ3n) is 9.34. The Balaban J connectivity index is 1.24. The number of fused-ring (bicyclic) bond motifs is 1. The molecule has 1 aromatic heterocycles. The molecule has 210 valence electrons. The third-order valence-corrected chi connectivity index (χ3v) is 9.34. The van der Waals surface area contributed by atoms with Gasteiger partial charge < -0.3 is 0 Å². The monoisotopic (exact) mass is 555 g/mol. The number of hydrogen-bond acceptors (Lipinski definition) is 1. The topological polar surface area (TPSA) is 12.9 Å². The molecule has 1 nitrogen and oxygen atoms in total. The molecule has 0 saturated heterocycles. The van der Waals surface area contributed by atoms with Crippen LogP contribution in [-0.2, 0) is 0 Å². The summed E-state index contributed by atoms with van der Waals surface area (Å²) in [6.07, 6.45) is 29.5. The SMILES string of the molecule is C=C/C=C\C1=C(C2=CC3C=CC(c4cc(-c5ccccc5)ccn4)=CC3C=C2)C2=C(CCC=C2)C(c2ccccc2)C1C. The molecule has 4 aliphatic rings. The van der Waals surface area contributed by atoms with Crippen molar-refractivity contribution in [3.63, 3.8) is 0 Å². The fraction of sp³-hybridized carbons (Fsp3) is 0.167. The van der Waals surface area contributed by atoms with Crippen LogP contribution in [0.5, 0.6) is 0 Å². The Kier molecular flexibility index (Phi) is 7.47. The fourth-order valence-electron chi connectivity index (χ4n) is 7.27. The number of nitrogens with zero attached hydrogens (tertiary/aromatic N) is 1. The van der Waals surface area contributed by atoms with Crippen molar-refractivity contribution in [1.82, 2.24) is 4.98 Å². The maximum Gasteiger partial charge on any atom is 0.0705 e. The highest BCUT2D eigenvalue weighted by atomic mass is 14.7. The van der Waals surface area contributed by atoms with Crippen molar-refractivity contribution in [3.8, 4) is 11.1 Å². The minimum atomic E-state index is 0.312. The molecule has 7 rings (SSSR count). The van der Waals surface area contributed by atoms with Gasteiger partial charge in [0.2, 0.25) is 0 Å². The van der Waals surface area contributed by atoms with E-state index in [2.05, 4.69) is 147 Å². The van der Waals surface area contributed by atoms with Crippen LogP contribution in [0.1, 0.15) is 36.9 Å². The molecular weight excluding hydrogens is 518 g/mol. The highest BCUT2D eigenvalue weighted by molar-refractivity contribution is 5.77. The second-order valence-corrected chi connectivity index (χ2v) is 11.9. The van der Waals surface area contributed by atoms with Crippen LogP contribution >= 0.6 is 0 Å². The Morgan fingerprint density at radius 1 is 0.814 bits per heavy atom. The molecule has 0 bridgehead atoms. The average molecular weight is 556 g/mol. The number of benzene rings is 2. The molecule has 0 radical (unpaired) electrons. The lowest BCUT2D eigenvalue weighted by Crippen LogP contribution is -2.24. The van der Waals surface area contributed by atoms with E-state index < -0.39 is 0 Å². The minimum absolute atomic E-state index is 0.312. The number of hydrogen-bond donors (Lipinski definition) is 0. The number of aromatic nitrogens is 1. The standard InChI is InChI=1S/C42H37N/c1-3-4-17-37-29(2)41(31-15-9-6-10-16-31)38-18-11-12-19-39(38)42(37)36-23-21-32-26-35(22-20-33(32)27-36)40-28-34(24-25-43-40)30-13-7-5-8-14-30/h3-10,12-17,19-29,32-33,41H,1,11,18H2,2H3/b17-4-. The molecule has 0 aliphatic heterocycles. The Bertz CT molecular complexity index is 1790. The van der Waals surface area contributed by atoms with Crippen molar-refractivity contribution in [2.75, 3.05) is 0 Å². The Hall–Kier alpha value is -4.75. The van der Waals surface area contributed by atoms with E-state index in [-0.39, 0.29) is 0 Å². The van der Waals surface area contributed by atoms with E-state index >= 15 is 0 Å². The van der Waals surface area contributed by atoms with Gasteiger partial charge in [-0.2, -0.15) is 0 Å². The van der Waals surface area contributed by atoms with Gasteiger partial charge in [-0.25, -0.2) is 0 Å². The van der Waals surface area contributed by atoms with Crippen LogP contribution in [0.3, 0.4) is 0 Å². The summed E-state index contributed by atoms with van der Waals surface area (Å²) in [7, 11) is 0. The normalized spacial score (nSPS) is 24.5. The van der Waals surface area contributed by atoms with Crippen LogP contribution in [-0.4, -0.2) is 4.98 Å². The van der Waals surface area contributed by atoms with E-state index in [1.807, 2.05) is 12.3 Å². The quantitative estimate of drug-likeness (QED) is 0.276. The van der Waals surface area contributed by atoms with Gasteiger partial charge in [-0.05, 0) is 75.4 Å². The van der Waals surface area contributed by atoms with E-state index in [1.165, 1.54) is 44.6 Å². The Labute approximate surface area is 256 Å². The van der Waals surface area contributed by atoms with E-state index in [0.29, 0.717) is 23.7 Å². The van der Waals surface area contributed by atoms with Crippen molar-refractivity contribution >= 4 is 5.57 Å². The average Bonchev–Trinajstić information content (AvgIpc) is 3.07. The van der Waals surface area contributed by atoms with Crippen LogP contribution in [0, 0.1) is 17.8 Å². The lowest BCUT2D eigenvalue weighted by Gasteiger charge is -2.39. The van der Waals surface area contributed by atoms with Crippen LogP contribution in [0.15, 0.2) is 180 Å². The molecular formula is C42H37N. The third kappa shape index (κ3) is 5.21. The van der Waals surface area contributed by atoms with E-state index in [1.54, 1.807) is 5.57 Å². The number of pyridine rings is 1. The summed E-state index contributed by atoms with van der Waals surface area (Å²) in [4.78, 5) is 4.74. The first-order valence-corrected chi connectivity index (χ1v) is 15.5. The molecule has 0 saturated carbocycles. The van der Waals surface area contributed by atoms with Crippen LogP contribution in [0.25, 0.3) is 16.7 Å². The van der Waals surface area contributed by atoms with Gasteiger partial charge in [0.25, 0.3) is 0 Å². The van der Waals surface area contributed by atoms with Crippen molar-refractivity contribution in [3.05, 3.63) is 192 Å². The summed E-state index contributed by atoms with van der Waals surface area (Å²) < 4.78 is 0. The molecule has 4 aliphatic carbocycles. The zero-order valence-corrected chi connectivity index (χ0v) is 24.7. The van der Waals surface area contributed by atoms with E-state index in [4.69, 9.17) is 4.98 Å². The van der Waals surface area contributed by atoms with E-state index in [9.17, 15) is 0 Å². The second-order valence-electron chi connectivity index (χ2n) is 11.9. The molecule has 3 aromatic rings. The zero-order chi connectivity index (χ0) is 29.2. The van der Waals surface area contributed by atoms with Gasteiger partial charge in [-0.15, -0.1) is 0 Å². The van der Waals surface area contributed by atoms with Gasteiger partial charge in [0.1, 0.15) is 0 Å². The summed E-state index contributed by atoms with van der Waals surface area (Å²) in [6, 6.07) is 25.9. The highest BCUT2D eigenvalue weighted by Crippen LogP contribution is 2.51. The Morgan fingerprint density at radius 3 is 2.30 bits per heavy atom. The highest BCUT2D eigenvalue weighted by Gasteiger charge is 2.36. The lowest BCUT2D eigenvalue weighted by molar-refractivity contribution is 0.553. The molecule has 43 heavy (non-hydrogen) atoms. The van der Waals surface area contributed by atoms with Crippen molar-refractivity contribution in [2.45, 2.75) is 25.7 Å².